The van der Waals surface area contributed by atoms with Crippen LogP contribution in [-0.4, -0.2) is 5.78 Å². The summed E-state index contributed by atoms with van der Waals surface area (Å²) in [6, 6.07) is 46.2. The van der Waals surface area contributed by atoms with Gasteiger partial charge in [0.05, 0.1) is 0 Å². The summed E-state index contributed by atoms with van der Waals surface area (Å²) >= 11 is 0. The topological polar surface area (TPSA) is 17.1 Å². The van der Waals surface area contributed by atoms with E-state index in [9.17, 15) is 4.79 Å². The summed E-state index contributed by atoms with van der Waals surface area (Å²) in [5.41, 5.74) is 14.5. The SMILES string of the molecule is CCCc1ccc(Cc2cc(C#Cc3ccc(C)cc3)ccc2C(=O)c2ccc(C#Cc3ccc(C)cc3)cc2Cc2ccc(CCC)cc2)cc1. The minimum Gasteiger partial charge on any atom is -0.289 e. The van der Waals surface area contributed by atoms with Crippen molar-refractivity contribution < 1.29 is 4.79 Å². The van der Waals surface area contributed by atoms with Gasteiger partial charge in [0.25, 0.3) is 0 Å². The van der Waals surface area contributed by atoms with Crippen LogP contribution in [0, 0.1) is 37.5 Å². The van der Waals surface area contributed by atoms with Gasteiger partial charge in [0.15, 0.2) is 5.78 Å². The molecule has 0 aromatic heterocycles. The Labute approximate surface area is 310 Å². The van der Waals surface area contributed by atoms with Gasteiger partial charge in [-0.3, -0.25) is 4.79 Å². The van der Waals surface area contributed by atoms with Crippen LogP contribution in [0.2, 0.25) is 0 Å². The Morgan fingerprint density at radius 3 is 1.12 bits per heavy atom. The minimum absolute atomic E-state index is 0.0197. The summed E-state index contributed by atoms with van der Waals surface area (Å²) in [6.45, 7) is 8.56. The number of carbonyl (C=O) groups excluding carboxylic acids is 1. The second-order valence-electron chi connectivity index (χ2n) is 13.8. The van der Waals surface area contributed by atoms with Crippen LogP contribution in [0.1, 0.15) is 109 Å². The van der Waals surface area contributed by atoms with E-state index in [2.05, 4.69) is 136 Å². The molecule has 0 aliphatic heterocycles. The zero-order chi connectivity index (χ0) is 36.3. The Bertz CT molecular complexity index is 2100. The molecule has 0 spiro atoms. The van der Waals surface area contributed by atoms with Gasteiger partial charge in [0.2, 0.25) is 0 Å². The van der Waals surface area contributed by atoms with Crippen LogP contribution in [0.4, 0.5) is 0 Å². The average molecular weight is 675 g/mol. The zero-order valence-electron chi connectivity index (χ0n) is 30.9. The molecule has 0 atom stereocenters. The first-order valence-corrected chi connectivity index (χ1v) is 18.5. The maximum atomic E-state index is 14.7. The normalized spacial score (nSPS) is 10.5. The molecule has 0 aliphatic carbocycles. The van der Waals surface area contributed by atoms with E-state index in [1.54, 1.807) is 0 Å². The van der Waals surface area contributed by atoms with E-state index in [4.69, 9.17) is 0 Å². The van der Waals surface area contributed by atoms with E-state index >= 15 is 0 Å². The van der Waals surface area contributed by atoms with Crippen LogP contribution in [0.25, 0.3) is 0 Å². The molecule has 1 nitrogen and oxygen atoms in total. The summed E-state index contributed by atoms with van der Waals surface area (Å²) in [5.74, 6) is 13.4. The standard InChI is InChI=1S/C51H46O/c1-5-7-39-17-23-43(24-18-39)33-47-35-45(27-21-41-13-9-37(3)10-14-41)29-31-49(47)51(52)50-32-30-46(28-22-42-15-11-38(4)12-16-42)36-48(50)34-44-25-19-40(8-6-2)20-26-44/h9-20,23-26,29-32,35-36H,5-8,33-34H2,1-4H3. The molecule has 0 aliphatic rings. The molecule has 6 rings (SSSR count). The van der Waals surface area contributed by atoms with Crippen molar-refractivity contribution in [3.8, 4) is 23.7 Å². The average Bonchev–Trinajstić information content (AvgIpc) is 3.16. The second kappa shape index (κ2) is 17.4. The van der Waals surface area contributed by atoms with Gasteiger partial charge in [-0.25, -0.2) is 0 Å². The highest BCUT2D eigenvalue weighted by atomic mass is 16.1. The van der Waals surface area contributed by atoms with E-state index in [-0.39, 0.29) is 5.78 Å². The molecule has 0 radical (unpaired) electrons. The fourth-order valence-corrected chi connectivity index (χ4v) is 6.45. The fourth-order valence-electron chi connectivity index (χ4n) is 6.45. The van der Waals surface area contributed by atoms with Gasteiger partial charge in [0, 0.05) is 33.4 Å². The Balaban J connectivity index is 1.39. The molecule has 0 saturated heterocycles. The molecule has 0 fully saturated rings. The van der Waals surface area contributed by atoms with Gasteiger partial charge < -0.3 is 0 Å². The lowest BCUT2D eigenvalue weighted by molar-refractivity contribution is 0.103. The highest BCUT2D eigenvalue weighted by molar-refractivity contribution is 6.11. The Hall–Kier alpha value is -5.89. The number of hydrogen-bond donors (Lipinski definition) is 0. The van der Waals surface area contributed by atoms with Crippen molar-refractivity contribution in [2.75, 3.05) is 0 Å². The number of ketones is 1. The molecule has 6 aromatic carbocycles. The molecule has 256 valence electrons. The van der Waals surface area contributed by atoms with Gasteiger partial charge in [-0.15, -0.1) is 0 Å². The van der Waals surface area contributed by atoms with Crippen LogP contribution >= 0.6 is 0 Å². The van der Waals surface area contributed by atoms with Gasteiger partial charge in [0.1, 0.15) is 0 Å². The Morgan fingerprint density at radius 1 is 0.423 bits per heavy atom. The first kappa shape index (κ1) is 35.9. The van der Waals surface area contributed by atoms with E-state index in [1.807, 2.05) is 48.5 Å². The Kier molecular flexibility index (Phi) is 12.0. The van der Waals surface area contributed by atoms with Crippen LogP contribution in [0.3, 0.4) is 0 Å². The largest absolute Gasteiger partial charge is 0.289 e. The third kappa shape index (κ3) is 9.66. The lowest BCUT2D eigenvalue weighted by Gasteiger charge is -2.14. The molecule has 6 aromatic rings. The summed E-state index contributed by atoms with van der Waals surface area (Å²) < 4.78 is 0. The van der Waals surface area contributed by atoms with Crippen LogP contribution < -0.4 is 0 Å². The number of carbonyl (C=O) groups is 1. The van der Waals surface area contributed by atoms with Crippen molar-refractivity contribution in [3.05, 3.63) is 211 Å². The highest BCUT2D eigenvalue weighted by Crippen LogP contribution is 2.25. The van der Waals surface area contributed by atoms with Crippen molar-refractivity contribution in [1.82, 2.24) is 0 Å². The molecule has 0 unspecified atom stereocenters. The smallest absolute Gasteiger partial charge is 0.193 e. The molecular weight excluding hydrogens is 629 g/mol. The predicted octanol–water partition coefficient (Wildman–Crippen LogP) is 11.4. The van der Waals surface area contributed by atoms with Crippen LogP contribution in [0.5, 0.6) is 0 Å². The van der Waals surface area contributed by atoms with Gasteiger partial charge in [-0.2, -0.15) is 0 Å². The summed E-state index contributed by atoms with van der Waals surface area (Å²) in [7, 11) is 0. The van der Waals surface area contributed by atoms with E-state index in [0.717, 1.165) is 59.1 Å². The number of aryl methyl sites for hydroxylation is 4. The highest BCUT2D eigenvalue weighted by Gasteiger charge is 2.19. The van der Waals surface area contributed by atoms with Crippen molar-refractivity contribution in [3.63, 3.8) is 0 Å². The first-order valence-electron chi connectivity index (χ1n) is 18.5. The van der Waals surface area contributed by atoms with Gasteiger partial charge in [-0.05, 0) is 134 Å². The fraction of sp³-hybridized carbons (Fsp3) is 0.196. The molecule has 0 heterocycles. The van der Waals surface area contributed by atoms with E-state index in [1.165, 1.54) is 33.4 Å². The first-order chi connectivity index (χ1) is 25.4. The maximum absolute atomic E-state index is 14.7. The molecule has 0 amide bonds. The van der Waals surface area contributed by atoms with Crippen molar-refractivity contribution in [1.29, 1.82) is 0 Å². The summed E-state index contributed by atoms with van der Waals surface area (Å²) in [5, 5.41) is 0. The van der Waals surface area contributed by atoms with Crippen molar-refractivity contribution >= 4 is 5.78 Å². The molecule has 52 heavy (non-hydrogen) atoms. The predicted molar refractivity (Wildman–Crippen MR) is 217 cm³/mol. The molecule has 0 bridgehead atoms. The third-order valence-corrected chi connectivity index (χ3v) is 9.42. The number of benzene rings is 6. The van der Waals surface area contributed by atoms with Gasteiger partial charge in [-0.1, -0.05) is 134 Å². The summed E-state index contributed by atoms with van der Waals surface area (Å²) in [6.07, 6.45) is 5.62. The van der Waals surface area contributed by atoms with Crippen molar-refractivity contribution in [2.24, 2.45) is 0 Å². The van der Waals surface area contributed by atoms with Crippen LogP contribution in [-0.2, 0) is 25.7 Å². The van der Waals surface area contributed by atoms with Crippen LogP contribution in [0.15, 0.2) is 133 Å². The lowest BCUT2D eigenvalue weighted by atomic mass is 9.88. The lowest BCUT2D eigenvalue weighted by Crippen LogP contribution is -2.10. The number of hydrogen-bond acceptors (Lipinski definition) is 1. The van der Waals surface area contributed by atoms with Crippen molar-refractivity contribution in [2.45, 2.75) is 66.2 Å². The second-order valence-corrected chi connectivity index (χ2v) is 13.8. The van der Waals surface area contributed by atoms with Gasteiger partial charge >= 0.3 is 0 Å². The molecule has 1 heteroatoms. The summed E-state index contributed by atoms with van der Waals surface area (Å²) in [4.78, 5) is 14.7. The monoisotopic (exact) mass is 674 g/mol. The van der Waals surface area contributed by atoms with E-state index < -0.39 is 0 Å². The number of rotatable bonds is 10. The third-order valence-electron chi connectivity index (χ3n) is 9.42. The maximum Gasteiger partial charge on any atom is 0.193 e. The van der Waals surface area contributed by atoms with E-state index in [0.29, 0.717) is 24.0 Å². The Morgan fingerprint density at radius 2 is 0.750 bits per heavy atom. The zero-order valence-corrected chi connectivity index (χ0v) is 30.9. The minimum atomic E-state index is 0.0197. The molecular formula is C51H46O. The molecule has 0 saturated carbocycles. The molecule has 0 N–H and O–H groups in total. The quantitative estimate of drug-likeness (QED) is 0.104.